The van der Waals surface area contributed by atoms with E-state index in [4.69, 9.17) is 0 Å². The van der Waals surface area contributed by atoms with Gasteiger partial charge in [0.15, 0.2) is 5.78 Å². The zero-order valence-corrected chi connectivity index (χ0v) is 16.8. The van der Waals surface area contributed by atoms with E-state index in [9.17, 15) is 27.6 Å². The van der Waals surface area contributed by atoms with E-state index in [0.29, 0.717) is 18.4 Å². The highest BCUT2D eigenvalue weighted by molar-refractivity contribution is 6.23. The zero-order chi connectivity index (χ0) is 22.2. The SMILES string of the molecule is O=C(C1CCCCC1)[C@H](Cc1ccc(C(F)(F)F)cc1)N1C(=O)c2ccccc2C1=O. The van der Waals surface area contributed by atoms with E-state index in [2.05, 4.69) is 0 Å². The Labute approximate surface area is 178 Å². The Morgan fingerprint density at radius 3 is 1.97 bits per heavy atom. The predicted octanol–water partition coefficient (Wildman–Crippen LogP) is 5.06. The molecule has 7 heteroatoms. The Hall–Kier alpha value is -2.96. The number of halogens is 3. The van der Waals surface area contributed by atoms with Crippen LogP contribution in [0, 0.1) is 5.92 Å². The first-order chi connectivity index (χ1) is 14.8. The Balaban J connectivity index is 1.66. The molecule has 0 bridgehead atoms. The van der Waals surface area contributed by atoms with Crippen LogP contribution in [0.15, 0.2) is 48.5 Å². The van der Waals surface area contributed by atoms with Crippen molar-refractivity contribution in [3.8, 4) is 0 Å². The quantitative estimate of drug-likeness (QED) is 0.624. The van der Waals surface area contributed by atoms with Gasteiger partial charge in [0.25, 0.3) is 11.8 Å². The largest absolute Gasteiger partial charge is 0.416 e. The molecule has 1 atom stereocenters. The summed E-state index contributed by atoms with van der Waals surface area (Å²) < 4.78 is 38.7. The van der Waals surface area contributed by atoms with Gasteiger partial charge in [0.2, 0.25) is 0 Å². The van der Waals surface area contributed by atoms with Crippen LogP contribution in [0.2, 0.25) is 0 Å². The third-order valence-corrected chi connectivity index (χ3v) is 6.18. The molecule has 1 fully saturated rings. The minimum Gasteiger partial charge on any atom is -0.297 e. The van der Waals surface area contributed by atoms with Crippen molar-refractivity contribution in [2.75, 3.05) is 0 Å². The summed E-state index contributed by atoms with van der Waals surface area (Å²) in [6.07, 6.45) is -0.203. The average molecular weight is 429 g/mol. The number of ketones is 1. The molecule has 0 spiro atoms. The summed E-state index contributed by atoms with van der Waals surface area (Å²) in [5, 5.41) is 0. The number of benzene rings is 2. The van der Waals surface area contributed by atoms with Crippen molar-refractivity contribution in [1.82, 2.24) is 4.90 Å². The van der Waals surface area contributed by atoms with E-state index >= 15 is 0 Å². The first-order valence-corrected chi connectivity index (χ1v) is 10.4. The molecule has 0 radical (unpaired) electrons. The number of fused-ring (bicyclic) bond motifs is 1. The van der Waals surface area contributed by atoms with Gasteiger partial charge in [-0.1, -0.05) is 43.5 Å². The fourth-order valence-corrected chi connectivity index (χ4v) is 4.52. The van der Waals surface area contributed by atoms with Crippen molar-refractivity contribution in [2.24, 2.45) is 5.92 Å². The van der Waals surface area contributed by atoms with E-state index in [1.54, 1.807) is 24.3 Å². The summed E-state index contributed by atoms with van der Waals surface area (Å²) >= 11 is 0. The zero-order valence-electron chi connectivity index (χ0n) is 16.8. The lowest BCUT2D eigenvalue weighted by Crippen LogP contribution is -2.48. The second-order valence-electron chi connectivity index (χ2n) is 8.18. The Bertz CT molecular complexity index is 972. The van der Waals surface area contributed by atoms with Gasteiger partial charge in [-0.15, -0.1) is 0 Å². The molecule has 4 rings (SSSR count). The minimum absolute atomic E-state index is 0.00105. The second-order valence-corrected chi connectivity index (χ2v) is 8.18. The van der Waals surface area contributed by atoms with Crippen LogP contribution in [0.3, 0.4) is 0 Å². The van der Waals surface area contributed by atoms with Crippen LogP contribution < -0.4 is 0 Å². The highest BCUT2D eigenvalue weighted by Gasteiger charge is 2.44. The second kappa shape index (κ2) is 8.29. The van der Waals surface area contributed by atoms with Crippen LogP contribution >= 0.6 is 0 Å². The van der Waals surface area contributed by atoms with E-state index in [1.807, 2.05) is 0 Å². The summed E-state index contributed by atoms with van der Waals surface area (Å²) in [4.78, 5) is 40.5. The molecule has 0 saturated heterocycles. The molecular weight excluding hydrogens is 407 g/mol. The van der Waals surface area contributed by atoms with Crippen LogP contribution in [0.25, 0.3) is 0 Å². The number of nitrogens with zero attached hydrogens (tertiary/aromatic N) is 1. The predicted molar refractivity (Wildman–Crippen MR) is 107 cm³/mol. The first-order valence-electron chi connectivity index (χ1n) is 10.4. The smallest absolute Gasteiger partial charge is 0.297 e. The number of hydrogen-bond donors (Lipinski definition) is 0. The van der Waals surface area contributed by atoms with Crippen LogP contribution in [-0.4, -0.2) is 28.5 Å². The number of hydrogen-bond acceptors (Lipinski definition) is 3. The van der Waals surface area contributed by atoms with Crippen LogP contribution in [0.1, 0.15) is 63.9 Å². The maximum Gasteiger partial charge on any atom is 0.416 e. The number of alkyl halides is 3. The molecule has 0 aromatic heterocycles. The molecule has 1 heterocycles. The van der Waals surface area contributed by atoms with Gasteiger partial charge in [0, 0.05) is 12.3 Å². The van der Waals surface area contributed by atoms with E-state index in [-0.39, 0.29) is 29.2 Å². The lowest BCUT2D eigenvalue weighted by atomic mass is 9.82. The number of Topliss-reactive ketones (excluding diaryl/α,β-unsaturated/α-hetero) is 1. The van der Waals surface area contributed by atoms with E-state index in [1.165, 1.54) is 12.1 Å². The van der Waals surface area contributed by atoms with Crippen molar-refractivity contribution in [2.45, 2.75) is 50.7 Å². The maximum absolute atomic E-state index is 13.4. The topological polar surface area (TPSA) is 54.5 Å². The van der Waals surface area contributed by atoms with Crippen molar-refractivity contribution < 1.29 is 27.6 Å². The van der Waals surface area contributed by atoms with Crippen molar-refractivity contribution in [3.63, 3.8) is 0 Å². The van der Waals surface area contributed by atoms with E-state index < -0.39 is 29.6 Å². The average Bonchev–Trinajstić information content (AvgIpc) is 3.02. The number of carbonyl (C=O) groups excluding carboxylic acids is 3. The monoisotopic (exact) mass is 429 g/mol. The molecule has 4 nitrogen and oxygen atoms in total. The number of amides is 2. The molecule has 1 saturated carbocycles. The maximum atomic E-state index is 13.4. The molecule has 2 aromatic carbocycles. The van der Waals surface area contributed by atoms with Gasteiger partial charge in [-0.25, -0.2) is 0 Å². The van der Waals surface area contributed by atoms with Gasteiger partial charge in [-0.2, -0.15) is 13.2 Å². The molecule has 2 aromatic rings. The Kier molecular flexibility index (Phi) is 5.69. The van der Waals surface area contributed by atoms with Gasteiger partial charge in [-0.05, 0) is 42.7 Å². The number of imide groups is 1. The first kappa shape index (κ1) is 21.3. The summed E-state index contributed by atoms with van der Waals surface area (Å²) in [6, 6.07) is 9.91. The molecule has 1 aliphatic carbocycles. The van der Waals surface area contributed by atoms with Crippen molar-refractivity contribution >= 4 is 17.6 Å². The molecule has 2 aliphatic rings. The summed E-state index contributed by atoms with van der Waals surface area (Å²) in [5.41, 5.74) is 0.189. The lowest BCUT2D eigenvalue weighted by molar-refractivity contribution is -0.137. The van der Waals surface area contributed by atoms with Gasteiger partial charge in [0.05, 0.1) is 16.7 Å². The Morgan fingerprint density at radius 1 is 0.903 bits per heavy atom. The van der Waals surface area contributed by atoms with Crippen LogP contribution in [0.4, 0.5) is 13.2 Å². The van der Waals surface area contributed by atoms with E-state index in [0.717, 1.165) is 36.3 Å². The fourth-order valence-electron chi connectivity index (χ4n) is 4.52. The minimum atomic E-state index is -4.46. The molecule has 2 amide bonds. The fraction of sp³-hybridized carbons (Fsp3) is 0.375. The molecule has 31 heavy (non-hydrogen) atoms. The number of carbonyl (C=O) groups is 3. The third kappa shape index (κ3) is 4.13. The normalized spacial score (nSPS) is 18.2. The Morgan fingerprint density at radius 2 is 1.45 bits per heavy atom. The van der Waals surface area contributed by atoms with Crippen molar-refractivity contribution in [1.29, 1.82) is 0 Å². The lowest BCUT2D eigenvalue weighted by Gasteiger charge is -2.30. The molecule has 0 N–H and O–H groups in total. The standard InChI is InChI=1S/C24H22F3NO3/c25-24(26,27)17-12-10-15(11-13-17)14-20(21(29)16-6-2-1-3-7-16)28-22(30)18-8-4-5-9-19(18)23(28)31/h4-5,8-13,16,20H,1-3,6-7,14H2/t20-/m0/s1. The van der Waals surface area contributed by atoms with Gasteiger partial charge in [0.1, 0.15) is 6.04 Å². The molecule has 1 aliphatic heterocycles. The van der Waals surface area contributed by atoms with Crippen LogP contribution in [0.5, 0.6) is 0 Å². The molecule has 162 valence electrons. The molecular formula is C24H22F3NO3. The highest BCUT2D eigenvalue weighted by atomic mass is 19.4. The summed E-state index contributed by atoms with van der Waals surface area (Å²) in [6.45, 7) is 0. The summed E-state index contributed by atoms with van der Waals surface area (Å²) in [5.74, 6) is -1.49. The third-order valence-electron chi connectivity index (χ3n) is 6.18. The molecule has 0 unspecified atom stereocenters. The number of rotatable bonds is 5. The highest BCUT2D eigenvalue weighted by Crippen LogP contribution is 2.33. The van der Waals surface area contributed by atoms with Gasteiger partial charge in [-0.3, -0.25) is 19.3 Å². The summed E-state index contributed by atoms with van der Waals surface area (Å²) in [7, 11) is 0. The van der Waals surface area contributed by atoms with Crippen molar-refractivity contribution in [3.05, 3.63) is 70.8 Å². The van der Waals surface area contributed by atoms with Crippen LogP contribution in [-0.2, 0) is 17.4 Å². The van der Waals surface area contributed by atoms with Gasteiger partial charge < -0.3 is 0 Å². The van der Waals surface area contributed by atoms with Gasteiger partial charge >= 0.3 is 6.18 Å².